The van der Waals surface area contributed by atoms with Gasteiger partial charge in [0.1, 0.15) is 5.69 Å². The zero-order chi connectivity index (χ0) is 12.7. The van der Waals surface area contributed by atoms with Gasteiger partial charge in [-0.25, -0.2) is 4.98 Å². The Morgan fingerprint density at radius 1 is 1.67 bits per heavy atom. The monoisotopic (exact) mass is 267 g/mol. The van der Waals surface area contributed by atoms with Crippen molar-refractivity contribution in [1.82, 2.24) is 10.3 Å². The minimum atomic E-state index is -0.146. The third-order valence-electron chi connectivity index (χ3n) is 3.83. The summed E-state index contributed by atoms with van der Waals surface area (Å²) in [6.45, 7) is 2.66. The number of ether oxygens (including phenoxy) is 1. The summed E-state index contributed by atoms with van der Waals surface area (Å²) >= 11 is 1.47. The summed E-state index contributed by atoms with van der Waals surface area (Å²) in [5, 5.41) is 5.62. The van der Waals surface area contributed by atoms with Crippen LogP contribution in [0.1, 0.15) is 28.3 Å². The SMILES string of the molecule is Cc1nc(C(=O)NC2C(N)C3CCCOC32)cs1. The molecule has 6 heteroatoms. The number of fused-ring (bicyclic) bond motifs is 1. The zero-order valence-corrected chi connectivity index (χ0v) is 11.1. The molecule has 3 rings (SSSR count). The van der Waals surface area contributed by atoms with Crippen LogP contribution in [0.5, 0.6) is 0 Å². The number of hydrogen-bond acceptors (Lipinski definition) is 5. The van der Waals surface area contributed by atoms with Gasteiger partial charge in [-0.2, -0.15) is 0 Å². The van der Waals surface area contributed by atoms with Gasteiger partial charge in [-0.15, -0.1) is 11.3 Å². The molecular weight excluding hydrogens is 250 g/mol. The van der Waals surface area contributed by atoms with Crippen molar-refractivity contribution in [2.45, 2.75) is 38.0 Å². The number of nitrogens with zero attached hydrogens (tertiary/aromatic N) is 1. The van der Waals surface area contributed by atoms with Gasteiger partial charge < -0.3 is 15.8 Å². The summed E-state index contributed by atoms with van der Waals surface area (Å²) in [4.78, 5) is 16.2. The Morgan fingerprint density at radius 3 is 3.22 bits per heavy atom. The molecule has 1 saturated carbocycles. The highest BCUT2D eigenvalue weighted by Crippen LogP contribution is 2.37. The molecule has 2 aliphatic rings. The van der Waals surface area contributed by atoms with Crippen LogP contribution >= 0.6 is 11.3 Å². The third-order valence-corrected chi connectivity index (χ3v) is 4.60. The number of nitrogens with one attached hydrogen (secondary N) is 1. The highest BCUT2D eigenvalue weighted by molar-refractivity contribution is 7.09. The standard InChI is InChI=1S/C12H17N3O2S/c1-6-14-8(5-18-6)12(16)15-10-9(13)7-3-2-4-17-11(7)10/h5,7,9-11H,2-4,13H2,1H3,(H,15,16). The Labute approximate surface area is 110 Å². The average molecular weight is 267 g/mol. The smallest absolute Gasteiger partial charge is 0.271 e. The summed E-state index contributed by atoms with van der Waals surface area (Å²) < 4.78 is 5.69. The van der Waals surface area contributed by atoms with E-state index in [1.807, 2.05) is 6.92 Å². The molecule has 4 atom stereocenters. The van der Waals surface area contributed by atoms with Crippen molar-refractivity contribution >= 4 is 17.2 Å². The topological polar surface area (TPSA) is 77.2 Å². The second kappa shape index (κ2) is 4.60. The molecule has 18 heavy (non-hydrogen) atoms. The van der Waals surface area contributed by atoms with Gasteiger partial charge in [-0.3, -0.25) is 4.79 Å². The van der Waals surface area contributed by atoms with E-state index in [0.29, 0.717) is 11.6 Å². The average Bonchev–Trinajstić information content (AvgIpc) is 2.82. The molecular formula is C12H17N3O2S. The summed E-state index contributed by atoms with van der Waals surface area (Å²) in [5.41, 5.74) is 6.57. The van der Waals surface area contributed by atoms with Crippen LogP contribution in [0.4, 0.5) is 0 Å². The lowest BCUT2D eigenvalue weighted by molar-refractivity contribution is -0.117. The highest BCUT2D eigenvalue weighted by atomic mass is 32.1. The molecule has 1 aromatic rings. The van der Waals surface area contributed by atoms with Crippen molar-refractivity contribution in [2.24, 2.45) is 11.7 Å². The minimum Gasteiger partial charge on any atom is -0.376 e. The number of carbonyl (C=O) groups excluding carboxylic acids is 1. The zero-order valence-electron chi connectivity index (χ0n) is 10.3. The summed E-state index contributed by atoms with van der Waals surface area (Å²) in [5.74, 6) is 0.258. The number of aryl methyl sites for hydroxylation is 1. The minimum absolute atomic E-state index is 0.0129. The van der Waals surface area contributed by atoms with E-state index in [1.54, 1.807) is 5.38 Å². The van der Waals surface area contributed by atoms with Crippen LogP contribution in [0.2, 0.25) is 0 Å². The fourth-order valence-corrected chi connectivity index (χ4v) is 3.41. The highest BCUT2D eigenvalue weighted by Gasteiger charge is 2.51. The third kappa shape index (κ3) is 1.94. The van der Waals surface area contributed by atoms with Crippen molar-refractivity contribution in [1.29, 1.82) is 0 Å². The molecule has 98 valence electrons. The molecule has 0 bridgehead atoms. The first-order valence-corrected chi connectivity index (χ1v) is 7.15. The second-order valence-corrected chi connectivity index (χ2v) is 6.03. The molecule has 0 radical (unpaired) electrons. The van der Waals surface area contributed by atoms with E-state index < -0.39 is 0 Å². The van der Waals surface area contributed by atoms with Gasteiger partial charge in [0.15, 0.2) is 0 Å². The van der Waals surface area contributed by atoms with E-state index in [0.717, 1.165) is 24.5 Å². The largest absolute Gasteiger partial charge is 0.376 e. The van der Waals surface area contributed by atoms with E-state index in [9.17, 15) is 4.79 Å². The van der Waals surface area contributed by atoms with E-state index in [1.165, 1.54) is 11.3 Å². The molecule has 2 heterocycles. The van der Waals surface area contributed by atoms with Crippen LogP contribution in [0.15, 0.2) is 5.38 Å². The number of rotatable bonds is 2. The summed E-state index contributed by atoms with van der Waals surface area (Å²) in [6, 6.07) is -0.0520. The number of aromatic nitrogens is 1. The number of nitrogens with two attached hydrogens (primary N) is 1. The Balaban J connectivity index is 1.64. The maximum atomic E-state index is 12.0. The van der Waals surface area contributed by atoms with Gasteiger partial charge in [-0.1, -0.05) is 0 Å². The summed E-state index contributed by atoms with van der Waals surface area (Å²) in [7, 11) is 0. The van der Waals surface area contributed by atoms with Gasteiger partial charge in [0.2, 0.25) is 0 Å². The first kappa shape index (κ1) is 12.1. The summed E-state index contributed by atoms with van der Waals surface area (Å²) in [6.07, 6.45) is 2.27. The molecule has 3 N–H and O–H groups in total. The second-order valence-electron chi connectivity index (χ2n) is 4.97. The van der Waals surface area contributed by atoms with Crippen LogP contribution in [-0.2, 0) is 4.74 Å². The van der Waals surface area contributed by atoms with Crippen LogP contribution in [0, 0.1) is 12.8 Å². The van der Waals surface area contributed by atoms with Crippen LogP contribution in [-0.4, -0.2) is 35.7 Å². The fraction of sp³-hybridized carbons (Fsp3) is 0.667. The predicted molar refractivity (Wildman–Crippen MR) is 68.5 cm³/mol. The first-order chi connectivity index (χ1) is 8.66. The van der Waals surface area contributed by atoms with Crippen molar-refractivity contribution in [2.75, 3.05) is 6.61 Å². The molecule has 0 aromatic carbocycles. The normalized spacial score (nSPS) is 34.6. The lowest BCUT2D eigenvalue weighted by Crippen LogP contribution is -2.72. The molecule has 1 saturated heterocycles. The Morgan fingerprint density at radius 2 is 2.50 bits per heavy atom. The van der Waals surface area contributed by atoms with Gasteiger partial charge in [0.25, 0.3) is 5.91 Å². The quantitative estimate of drug-likeness (QED) is 0.826. The predicted octanol–water partition coefficient (Wildman–Crippen LogP) is 0.686. The molecule has 1 aliphatic carbocycles. The van der Waals surface area contributed by atoms with Crippen LogP contribution in [0.3, 0.4) is 0 Å². The molecule has 4 unspecified atom stereocenters. The molecule has 0 spiro atoms. The molecule has 2 fully saturated rings. The van der Waals surface area contributed by atoms with Gasteiger partial charge in [0.05, 0.1) is 17.2 Å². The van der Waals surface area contributed by atoms with E-state index in [-0.39, 0.29) is 24.1 Å². The molecule has 1 amide bonds. The van der Waals surface area contributed by atoms with E-state index >= 15 is 0 Å². The van der Waals surface area contributed by atoms with Crippen LogP contribution < -0.4 is 11.1 Å². The first-order valence-electron chi connectivity index (χ1n) is 6.27. The Bertz CT molecular complexity index is 462. The molecule has 1 aliphatic heterocycles. The lowest BCUT2D eigenvalue weighted by atomic mass is 9.68. The number of hydrogen-bond donors (Lipinski definition) is 2. The fourth-order valence-electron chi connectivity index (χ4n) is 2.82. The number of carbonyl (C=O) groups is 1. The van der Waals surface area contributed by atoms with Gasteiger partial charge in [-0.05, 0) is 19.8 Å². The van der Waals surface area contributed by atoms with Crippen molar-refractivity contribution in [3.8, 4) is 0 Å². The lowest BCUT2D eigenvalue weighted by Gasteiger charge is -2.52. The van der Waals surface area contributed by atoms with Crippen LogP contribution in [0.25, 0.3) is 0 Å². The molecule has 1 aromatic heterocycles. The van der Waals surface area contributed by atoms with Crippen molar-refractivity contribution < 1.29 is 9.53 Å². The van der Waals surface area contributed by atoms with Gasteiger partial charge in [0, 0.05) is 23.9 Å². The van der Waals surface area contributed by atoms with Gasteiger partial charge >= 0.3 is 0 Å². The Kier molecular flexibility index (Phi) is 3.09. The van der Waals surface area contributed by atoms with Crippen molar-refractivity contribution in [3.63, 3.8) is 0 Å². The maximum Gasteiger partial charge on any atom is 0.271 e. The van der Waals surface area contributed by atoms with E-state index in [4.69, 9.17) is 10.5 Å². The number of thiazole rings is 1. The molecule has 5 nitrogen and oxygen atoms in total. The Hall–Kier alpha value is -0.980. The van der Waals surface area contributed by atoms with Crippen molar-refractivity contribution in [3.05, 3.63) is 16.1 Å². The maximum absolute atomic E-state index is 12.0. The van der Waals surface area contributed by atoms with E-state index in [2.05, 4.69) is 10.3 Å². The number of amides is 1.